The number of aromatic nitrogens is 1. The van der Waals surface area contributed by atoms with E-state index in [4.69, 9.17) is 42.1 Å². The van der Waals surface area contributed by atoms with Gasteiger partial charge in [0.15, 0.2) is 35.7 Å². The lowest BCUT2D eigenvalue weighted by molar-refractivity contribution is -0.686. The van der Waals surface area contributed by atoms with Crippen LogP contribution in [-0.4, -0.2) is 13.9 Å². The molecule has 4 aromatic rings. The molecule has 0 N–H and O–H groups in total. The topological polar surface area (TPSA) is 40.8 Å². The standard InChI is InChI=1S/C26H20Cl2NO4.BrH/c1-30-23-5-3-16-9-22-18-11-25-24(32-14-33-25)10-17(18)6-7-29(22)12-19(16)26(23)31-13-15-2-4-20(27)21(28)8-15;/h2-5,8-12H,6-7,13-14H2,1H3;1H/q+1;/p-1. The van der Waals surface area contributed by atoms with Gasteiger partial charge in [-0.05, 0) is 52.9 Å². The van der Waals surface area contributed by atoms with Crippen LogP contribution in [-0.2, 0) is 19.6 Å². The van der Waals surface area contributed by atoms with Gasteiger partial charge in [-0.25, -0.2) is 0 Å². The molecule has 0 amide bonds. The third-order valence-electron chi connectivity index (χ3n) is 6.16. The van der Waals surface area contributed by atoms with Gasteiger partial charge in [-0.15, -0.1) is 0 Å². The Morgan fingerprint density at radius 3 is 2.59 bits per heavy atom. The Labute approximate surface area is 217 Å². The van der Waals surface area contributed by atoms with Crippen LogP contribution in [0.1, 0.15) is 11.1 Å². The number of hydrogen-bond donors (Lipinski definition) is 0. The van der Waals surface area contributed by atoms with Crippen molar-refractivity contribution in [1.82, 2.24) is 0 Å². The average Bonchev–Trinajstić information content (AvgIpc) is 3.29. The zero-order valence-electron chi connectivity index (χ0n) is 18.2. The third kappa shape index (κ3) is 3.94. The number of nitrogens with zero attached hydrogens (tertiary/aromatic N) is 1. The summed E-state index contributed by atoms with van der Waals surface area (Å²) in [5.41, 5.74) is 4.51. The lowest BCUT2D eigenvalue weighted by Crippen LogP contribution is -3.00. The zero-order chi connectivity index (χ0) is 22.5. The Bertz CT molecular complexity index is 1430. The summed E-state index contributed by atoms with van der Waals surface area (Å²) < 4.78 is 25.3. The van der Waals surface area contributed by atoms with E-state index in [0.717, 1.165) is 46.5 Å². The highest BCUT2D eigenvalue weighted by Crippen LogP contribution is 2.42. The van der Waals surface area contributed by atoms with Crippen LogP contribution in [0.5, 0.6) is 23.0 Å². The summed E-state index contributed by atoms with van der Waals surface area (Å²) in [5, 5.41) is 3.08. The van der Waals surface area contributed by atoms with Crippen molar-refractivity contribution in [3.05, 3.63) is 75.9 Å². The minimum Gasteiger partial charge on any atom is -1.00 e. The van der Waals surface area contributed by atoms with E-state index in [1.807, 2.05) is 18.2 Å². The van der Waals surface area contributed by atoms with Crippen LogP contribution in [0.3, 0.4) is 0 Å². The molecule has 0 bridgehead atoms. The zero-order valence-corrected chi connectivity index (χ0v) is 21.3. The van der Waals surface area contributed by atoms with Gasteiger partial charge in [-0.3, -0.25) is 0 Å². The number of rotatable bonds is 4. The molecule has 8 heteroatoms. The molecule has 3 heterocycles. The molecular weight excluding hydrogens is 541 g/mol. The summed E-state index contributed by atoms with van der Waals surface area (Å²) in [5.74, 6) is 3.00. The van der Waals surface area contributed by atoms with Gasteiger partial charge < -0.3 is 35.9 Å². The number of pyridine rings is 1. The molecule has 0 saturated carbocycles. The summed E-state index contributed by atoms with van der Waals surface area (Å²) in [6.45, 7) is 1.48. The van der Waals surface area contributed by atoms with Gasteiger partial charge in [0.2, 0.25) is 12.5 Å². The Balaban J connectivity index is 0.00000241. The summed E-state index contributed by atoms with van der Waals surface area (Å²) >= 11 is 12.2. The number of hydrogen-bond acceptors (Lipinski definition) is 4. The van der Waals surface area contributed by atoms with E-state index in [9.17, 15) is 0 Å². The maximum Gasteiger partial charge on any atom is 0.231 e. The quantitative estimate of drug-likeness (QED) is 0.360. The SMILES string of the molecule is COc1ccc2cc3[n+](cc2c1OCc1ccc(Cl)c(Cl)c1)CCc1cc2c(cc1-3)OCO2.[Br-]. The van der Waals surface area contributed by atoms with E-state index in [1.54, 1.807) is 13.2 Å². The minimum atomic E-state index is 0. The van der Waals surface area contributed by atoms with Crippen LogP contribution >= 0.6 is 23.2 Å². The van der Waals surface area contributed by atoms with Gasteiger partial charge in [0.1, 0.15) is 6.61 Å². The lowest BCUT2D eigenvalue weighted by Gasteiger charge is -2.18. The van der Waals surface area contributed by atoms with Crippen molar-refractivity contribution in [2.24, 2.45) is 0 Å². The molecule has 0 saturated heterocycles. The summed E-state index contributed by atoms with van der Waals surface area (Å²) in [4.78, 5) is 0. The van der Waals surface area contributed by atoms with Crippen LogP contribution in [0.25, 0.3) is 22.0 Å². The molecule has 0 aliphatic carbocycles. The van der Waals surface area contributed by atoms with Crippen molar-refractivity contribution in [2.75, 3.05) is 13.9 Å². The second-order valence-electron chi connectivity index (χ2n) is 8.10. The smallest absolute Gasteiger partial charge is 0.231 e. The fourth-order valence-corrected chi connectivity index (χ4v) is 4.81. The van der Waals surface area contributed by atoms with Gasteiger partial charge in [-0.2, -0.15) is 4.57 Å². The molecule has 0 spiro atoms. The molecule has 6 rings (SSSR count). The van der Waals surface area contributed by atoms with Crippen molar-refractivity contribution in [1.29, 1.82) is 0 Å². The molecule has 0 unspecified atom stereocenters. The molecule has 34 heavy (non-hydrogen) atoms. The van der Waals surface area contributed by atoms with Gasteiger partial charge in [-0.1, -0.05) is 29.3 Å². The van der Waals surface area contributed by atoms with E-state index in [1.165, 1.54) is 11.1 Å². The number of halogens is 3. The maximum absolute atomic E-state index is 6.27. The van der Waals surface area contributed by atoms with Crippen LogP contribution in [0.2, 0.25) is 10.0 Å². The number of methoxy groups -OCH3 is 1. The van der Waals surface area contributed by atoms with Crippen LogP contribution < -0.4 is 40.5 Å². The Hall–Kier alpha value is -2.67. The summed E-state index contributed by atoms with van der Waals surface area (Å²) in [6.07, 6.45) is 3.06. The highest BCUT2D eigenvalue weighted by atomic mass is 79.9. The first kappa shape index (κ1) is 23.1. The molecular formula is C26H20BrCl2NO4. The fourth-order valence-electron chi connectivity index (χ4n) is 4.49. The van der Waals surface area contributed by atoms with Crippen molar-refractivity contribution in [3.8, 4) is 34.3 Å². The van der Waals surface area contributed by atoms with Crippen molar-refractivity contribution in [2.45, 2.75) is 19.6 Å². The van der Waals surface area contributed by atoms with E-state index in [0.29, 0.717) is 28.2 Å². The summed E-state index contributed by atoms with van der Waals surface area (Å²) in [6, 6.07) is 15.9. The monoisotopic (exact) mass is 559 g/mol. The van der Waals surface area contributed by atoms with E-state index in [-0.39, 0.29) is 23.8 Å². The number of ether oxygens (including phenoxy) is 4. The molecule has 2 aliphatic rings. The van der Waals surface area contributed by atoms with Gasteiger partial charge in [0.05, 0.1) is 28.1 Å². The molecule has 5 nitrogen and oxygen atoms in total. The first-order valence-electron chi connectivity index (χ1n) is 10.6. The molecule has 1 aromatic heterocycles. The Morgan fingerprint density at radius 2 is 1.79 bits per heavy atom. The van der Waals surface area contributed by atoms with Crippen LogP contribution in [0, 0.1) is 0 Å². The van der Waals surface area contributed by atoms with Crippen molar-refractivity contribution < 1.29 is 40.5 Å². The number of benzene rings is 3. The van der Waals surface area contributed by atoms with Crippen LogP contribution in [0.4, 0.5) is 0 Å². The predicted octanol–water partition coefficient (Wildman–Crippen LogP) is 2.98. The summed E-state index contributed by atoms with van der Waals surface area (Å²) in [7, 11) is 1.65. The first-order chi connectivity index (χ1) is 16.1. The van der Waals surface area contributed by atoms with E-state index < -0.39 is 0 Å². The van der Waals surface area contributed by atoms with Gasteiger partial charge in [0.25, 0.3) is 0 Å². The highest BCUT2D eigenvalue weighted by Gasteiger charge is 2.28. The average molecular weight is 561 g/mol. The highest BCUT2D eigenvalue weighted by molar-refractivity contribution is 6.42. The van der Waals surface area contributed by atoms with Gasteiger partial charge in [0, 0.05) is 12.5 Å². The van der Waals surface area contributed by atoms with E-state index in [2.05, 4.69) is 35.0 Å². The molecule has 2 aliphatic heterocycles. The molecule has 174 valence electrons. The largest absolute Gasteiger partial charge is 1.00 e. The third-order valence-corrected chi connectivity index (χ3v) is 6.90. The Morgan fingerprint density at radius 1 is 0.971 bits per heavy atom. The molecule has 0 fully saturated rings. The Kier molecular flexibility index (Phi) is 6.23. The normalized spacial score (nSPS) is 13.1. The maximum atomic E-state index is 6.27. The molecule has 0 atom stereocenters. The first-order valence-corrected chi connectivity index (χ1v) is 11.4. The second-order valence-corrected chi connectivity index (χ2v) is 8.92. The number of fused-ring (bicyclic) bond motifs is 5. The molecule has 3 aromatic carbocycles. The van der Waals surface area contributed by atoms with Crippen LogP contribution in [0.15, 0.2) is 54.7 Å². The molecule has 0 radical (unpaired) electrons. The lowest BCUT2D eigenvalue weighted by atomic mass is 9.95. The second kappa shape index (κ2) is 9.17. The fraction of sp³-hybridized carbons (Fsp3) is 0.192. The van der Waals surface area contributed by atoms with Gasteiger partial charge >= 0.3 is 0 Å². The predicted molar refractivity (Wildman–Crippen MR) is 127 cm³/mol. The van der Waals surface area contributed by atoms with Crippen molar-refractivity contribution >= 4 is 34.0 Å². The van der Waals surface area contributed by atoms with Crippen molar-refractivity contribution in [3.63, 3.8) is 0 Å². The van der Waals surface area contributed by atoms with E-state index >= 15 is 0 Å². The minimum absolute atomic E-state index is 0. The number of aryl methyl sites for hydroxylation is 2.